The summed E-state index contributed by atoms with van der Waals surface area (Å²) in [6, 6.07) is 8.28. The standard InChI is InChI=1S/C16H26N2S/c1-4-6-7-14(5-2)12-17-16(19)18-15-10-8-13(3)9-11-15/h8-11,14H,4-7,12H2,1-3H3,(H2,17,18,19). The van der Waals surface area contributed by atoms with Crippen LogP contribution in [-0.4, -0.2) is 11.7 Å². The lowest BCUT2D eigenvalue weighted by Crippen LogP contribution is -2.32. The summed E-state index contributed by atoms with van der Waals surface area (Å²) in [6.07, 6.45) is 5.06. The minimum atomic E-state index is 0.720. The van der Waals surface area contributed by atoms with E-state index in [1.165, 1.54) is 31.2 Å². The second-order valence-corrected chi connectivity index (χ2v) is 5.53. The van der Waals surface area contributed by atoms with E-state index in [0.29, 0.717) is 0 Å². The van der Waals surface area contributed by atoms with Gasteiger partial charge in [0.15, 0.2) is 5.11 Å². The number of hydrogen-bond donors (Lipinski definition) is 2. The lowest BCUT2D eigenvalue weighted by Gasteiger charge is -2.17. The molecule has 0 saturated heterocycles. The summed E-state index contributed by atoms with van der Waals surface area (Å²) in [6.45, 7) is 7.54. The Hall–Kier alpha value is -1.09. The van der Waals surface area contributed by atoms with E-state index in [-0.39, 0.29) is 0 Å². The third-order valence-electron chi connectivity index (χ3n) is 3.40. The fourth-order valence-corrected chi connectivity index (χ4v) is 2.19. The van der Waals surface area contributed by atoms with Gasteiger partial charge in [0.05, 0.1) is 0 Å². The second kappa shape index (κ2) is 8.92. The predicted octanol–water partition coefficient (Wildman–Crippen LogP) is 4.50. The van der Waals surface area contributed by atoms with Gasteiger partial charge in [-0.1, -0.05) is 50.8 Å². The zero-order chi connectivity index (χ0) is 14.1. The smallest absolute Gasteiger partial charge is 0.170 e. The molecule has 0 aliphatic carbocycles. The number of thiocarbonyl (C=S) groups is 1. The number of hydrogen-bond acceptors (Lipinski definition) is 1. The summed E-state index contributed by atoms with van der Waals surface area (Å²) in [5.41, 5.74) is 2.31. The number of unbranched alkanes of at least 4 members (excludes halogenated alkanes) is 1. The van der Waals surface area contributed by atoms with E-state index in [4.69, 9.17) is 12.2 Å². The van der Waals surface area contributed by atoms with E-state index in [1.54, 1.807) is 0 Å². The van der Waals surface area contributed by atoms with Crippen molar-refractivity contribution in [1.82, 2.24) is 5.32 Å². The van der Waals surface area contributed by atoms with E-state index >= 15 is 0 Å². The number of nitrogens with one attached hydrogen (secondary N) is 2. The number of benzene rings is 1. The molecule has 2 nitrogen and oxygen atoms in total. The number of rotatable bonds is 7. The number of aryl methyl sites for hydroxylation is 1. The molecule has 2 N–H and O–H groups in total. The quantitative estimate of drug-likeness (QED) is 0.718. The van der Waals surface area contributed by atoms with Crippen LogP contribution in [0.25, 0.3) is 0 Å². The summed E-state index contributed by atoms with van der Waals surface area (Å²) in [7, 11) is 0. The van der Waals surface area contributed by atoms with Crippen LogP contribution in [0.3, 0.4) is 0 Å². The highest BCUT2D eigenvalue weighted by Gasteiger charge is 2.06. The van der Waals surface area contributed by atoms with Crippen molar-refractivity contribution in [2.24, 2.45) is 5.92 Å². The van der Waals surface area contributed by atoms with Gasteiger partial charge in [-0.05, 0) is 43.6 Å². The van der Waals surface area contributed by atoms with Gasteiger partial charge in [-0.2, -0.15) is 0 Å². The molecule has 106 valence electrons. The molecule has 0 amide bonds. The van der Waals surface area contributed by atoms with E-state index in [9.17, 15) is 0 Å². The van der Waals surface area contributed by atoms with Crippen molar-refractivity contribution in [3.63, 3.8) is 0 Å². The maximum atomic E-state index is 5.33. The molecule has 0 fully saturated rings. The van der Waals surface area contributed by atoms with Crippen molar-refractivity contribution in [2.45, 2.75) is 46.5 Å². The third kappa shape index (κ3) is 6.58. The summed E-state index contributed by atoms with van der Waals surface area (Å²) in [5.74, 6) is 0.720. The van der Waals surface area contributed by atoms with E-state index in [2.05, 4.69) is 55.7 Å². The van der Waals surface area contributed by atoms with Gasteiger partial charge < -0.3 is 10.6 Å². The molecule has 1 atom stereocenters. The first-order chi connectivity index (χ1) is 9.15. The topological polar surface area (TPSA) is 24.1 Å². The highest BCUT2D eigenvalue weighted by Crippen LogP contribution is 2.12. The fraction of sp³-hybridized carbons (Fsp3) is 0.562. The van der Waals surface area contributed by atoms with E-state index in [0.717, 1.165) is 23.3 Å². The van der Waals surface area contributed by atoms with Gasteiger partial charge in [0.25, 0.3) is 0 Å². The van der Waals surface area contributed by atoms with Gasteiger partial charge in [-0.15, -0.1) is 0 Å². The zero-order valence-corrected chi connectivity index (χ0v) is 13.1. The Balaban J connectivity index is 2.32. The van der Waals surface area contributed by atoms with Gasteiger partial charge in [0.2, 0.25) is 0 Å². The molecule has 3 heteroatoms. The third-order valence-corrected chi connectivity index (χ3v) is 3.65. The van der Waals surface area contributed by atoms with Crippen LogP contribution in [0.4, 0.5) is 5.69 Å². The maximum Gasteiger partial charge on any atom is 0.170 e. The summed E-state index contributed by atoms with van der Waals surface area (Å²) in [5, 5.41) is 7.27. The second-order valence-electron chi connectivity index (χ2n) is 5.12. The van der Waals surface area contributed by atoms with Gasteiger partial charge >= 0.3 is 0 Å². The highest BCUT2D eigenvalue weighted by molar-refractivity contribution is 7.80. The van der Waals surface area contributed by atoms with Gasteiger partial charge in [-0.3, -0.25) is 0 Å². The number of anilines is 1. The first kappa shape index (κ1) is 16.0. The SMILES string of the molecule is CCCCC(CC)CNC(=S)Nc1ccc(C)cc1. The van der Waals surface area contributed by atoms with Crippen molar-refractivity contribution in [3.8, 4) is 0 Å². The van der Waals surface area contributed by atoms with E-state index < -0.39 is 0 Å². The van der Waals surface area contributed by atoms with Crippen molar-refractivity contribution in [3.05, 3.63) is 29.8 Å². The van der Waals surface area contributed by atoms with Crippen molar-refractivity contribution >= 4 is 23.0 Å². The maximum absolute atomic E-state index is 5.33. The molecule has 0 radical (unpaired) electrons. The molecule has 1 aromatic carbocycles. The Morgan fingerprint density at radius 1 is 1.21 bits per heavy atom. The molecule has 0 aliphatic rings. The van der Waals surface area contributed by atoms with Gasteiger partial charge in [-0.25, -0.2) is 0 Å². The molecule has 0 heterocycles. The van der Waals surface area contributed by atoms with Crippen LogP contribution in [0.5, 0.6) is 0 Å². The minimum absolute atomic E-state index is 0.720. The molecule has 0 bridgehead atoms. The Morgan fingerprint density at radius 2 is 1.89 bits per heavy atom. The first-order valence-corrected chi connectivity index (χ1v) is 7.68. The average Bonchev–Trinajstić information content (AvgIpc) is 2.42. The molecule has 0 spiro atoms. The lowest BCUT2D eigenvalue weighted by molar-refractivity contribution is 0.446. The highest BCUT2D eigenvalue weighted by atomic mass is 32.1. The minimum Gasteiger partial charge on any atom is -0.362 e. The van der Waals surface area contributed by atoms with Gasteiger partial charge in [0, 0.05) is 12.2 Å². The van der Waals surface area contributed by atoms with Crippen molar-refractivity contribution < 1.29 is 0 Å². The normalized spacial score (nSPS) is 11.9. The van der Waals surface area contributed by atoms with Crippen molar-refractivity contribution in [1.29, 1.82) is 0 Å². The molecule has 0 saturated carbocycles. The largest absolute Gasteiger partial charge is 0.362 e. The van der Waals surface area contributed by atoms with Crippen LogP contribution < -0.4 is 10.6 Å². The molecular formula is C16H26N2S. The Labute approximate surface area is 123 Å². The molecular weight excluding hydrogens is 252 g/mol. The van der Waals surface area contributed by atoms with Crippen LogP contribution in [0.2, 0.25) is 0 Å². The molecule has 0 aliphatic heterocycles. The van der Waals surface area contributed by atoms with Crippen LogP contribution in [0.15, 0.2) is 24.3 Å². The zero-order valence-electron chi connectivity index (χ0n) is 12.3. The van der Waals surface area contributed by atoms with E-state index in [1.807, 2.05) is 0 Å². The average molecular weight is 278 g/mol. The Morgan fingerprint density at radius 3 is 2.47 bits per heavy atom. The molecule has 19 heavy (non-hydrogen) atoms. The van der Waals surface area contributed by atoms with Crippen LogP contribution in [-0.2, 0) is 0 Å². The van der Waals surface area contributed by atoms with Crippen LogP contribution in [0, 0.1) is 12.8 Å². The summed E-state index contributed by atoms with van der Waals surface area (Å²) >= 11 is 5.33. The predicted molar refractivity (Wildman–Crippen MR) is 88.7 cm³/mol. The van der Waals surface area contributed by atoms with Crippen LogP contribution >= 0.6 is 12.2 Å². The fourth-order valence-electron chi connectivity index (χ4n) is 1.99. The summed E-state index contributed by atoms with van der Waals surface area (Å²) < 4.78 is 0. The monoisotopic (exact) mass is 278 g/mol. The molecule has 1 unspecified atom stereocenters. The lowest BCUT2D eigenvalue weighted by atomic mass is 9.99. The first-order valence-electron chi connectivity index (χ1n) is 7.27. The molecule has 1 aromatic rings. The summed E-state index contributed by atoms with van der Waals surface area (Å²) in [4.78, 5) is 0. The molecule has 0 aromatic heterocycles. The Bertz CT molecular complexity index is 373. The van der Waals surface area contributed by atoms with Gasteiger partial charge in [0.1, 0.15) is 0 Å². The van der Waals surface area contributed by atoms with Crippen molar-refractivity contribution in [2.75, 3.05) is 11.9 Å². The molecule has 1 rings (SSSR count). The van der Waals surface area contributed by atoms with Crippen LogP contribution in [0.1, 0.15) is 45.1 Å². The Kier molecular flexibility index (Phi) is 7.49.